The molecule has 1 aliphatic heterocycles. The number of hydrogen-bond donors (Lipinski definition) is 1. The number of sulfonamides is 1. The third-order valence-corrected chi connectivity index (χ3v) is 7.81. The van der Waals surface area contributed by atoms with E-state index >= 15 is 0 Å². The number of nitrogens with zero attached hydrogens (tertiary/aromatic N) is 1. The fourth-order valence-corrected chi connectivity index (χ4v) is 5.52. The van der Waals surface area contributed by atoms with Gasteiger partial charge in [-0.3, -0.25) is 9.10 Å². The molecule has 10 heteroatoms. The Kier molecular flexibility index (Phi) is 7.08. The molecule has 0 aliphatic carbocycles. The number of halogens is 1. The third kappa shape index (κ3) is 5.02. The number of benzene rings is 3. The lowest BCUT2D eigenvalue weighted by Crippen LogP contribution is -2.29. The molecule has 1 N–H and O–H groups in total. The predicted octanol–water partition coefficient (Wildman–Crippen LogP) is 3.85. The molecule has 4 rings (SSSR count). The van der Waals surface area contributed by atoms with Crippen LogP contribution in [-0.2, 0) is 26.0 Å². The van der Waals surface area contributed by atoms with Crippen LogP contribution in [0.4, 0.5) is 11.4 Å². The van der Waals surface area contributed by atoms with Gasteiger partial charge >= 0.3 is 5.97 Å². The number of esters is 1. The van der Waals surface area contributed by atoms with E-state index in [4.69, 9.17) is 9.47 Å². The summed E-state index contributed by atoms with van der Waals surface area (Å²) in [5.41, 5.74) is 2.05. The van der Waals surface area contributed by atoms with Gasteiger partial charge in [-0.1, -0.05) is 18.2 Å². The van der Waals surface area contributed by atoms with E-state index in [0.717, 1.165) is 9.13 Å². The highest BCUT2D eigenvalue weighted by Gasteiger charge is 2.31. The van der Waals surface area contributed by atoms with Crippen LogP contribution in [0.1, 0.15) is 15.9 Å². The minimum Gasteiger partial charge on any atom is -0.496 e. The lowest BCUT2D eigenvalue weighted by atomic mass is 10.2. The first-order valence-electron chi connectivity index (χ1n) is 10.3. The maximum atomic E-state index is 13.3. The fourth-order valence-electron chi connectivity index (χ4n) is 3.63. The van der Waals surface area contributed by atoms with Crippen molar-refractivity contribution in [3.63, 3.8) is 0 Å². The minimum absolute atomic E-state index is 0.0692. The molecule has 0 bridgehead atoms. The standard InChI is InChI=1S/C24H21IN2O6S/c1-32-22-11-10-19(34(30,31)27-13-12-16-4-2-3-5-21(16)27)14-20(22)24(29)33-15-23(28)26-18-8-6-17(25)7-9-18/h2-11,14H,12-13,15H2,1H3,(H,26,28). The Balaban J connectivity index is 1.51. The van der Waals surface area contributed by atoms with Gasteiger partial charge in [-0.2, -0.15) is 0 Å². The van der Waals surface area contributed by atoms with E-state index in [1.165, 1.54) is 29.6 Å². The molecule has 0 fully saturated rings. The third-order valence-electron chi connectivity index (χ3n) is 5.29. The molecule has 34 heavy (non-hydrogen) atoms. The van der Waals surface area contributed by atoms with Crippen molar-refractivity contribution < 1.29 is 27.5 Å². The molecule has 3 aromatic rings. The van der Waals surface area contributed by atoms with E-state index < -0.39 is 28.5 Å². The monoisotopic (exact) mass is 592 g/mol. The van der Waals surface area contributed by atoms with Crippen LogP contribution in [-0.4, -0.2) is 40.6 Å². The Bertz CT molecular complexity index is 1340. The van der Waals surface area contributed by atoms with Crippen LogP contribution in [0.3, 0.4) is 0 Å². The number of amides is 1. The maximum Gasteiger partial charge on any atom is 0.342 e. The lowest BCUT2D eigenvalue weighted by Gasteiger charge is -2.20. The van der Waals surface area contributed by atoms with E-state index in [9.17, 15) is 18.0 Å². The molecule has 0 unspecified atom stereocenters. The topological polar surface area (TPSA) is 102 Å². The number of hydrogen-bond acceptors (Lipinski definition) is 6. The molecule has 0 aromatic heterocycles. The summed E-state index contributed by atoms with van der Waals surface area (Å²) in [5, 5.41) is 2.63. The van der Waals surface area contributed by atoms with Gasteiger partial charge in [0.05, 0.1) is 17.7 Å². The molecule has 0 radical (unpaired) electrons. The van der Waals surface area contributed by atoms with Gasteiger partial charge in [0.1, 0.15) is 11.3 Å². The smallest absolute Gasteiger partial charge is 0.342 e. The summed E-state index contributed by atoms with van der Waals surface area (Å²) in [5.74, 6) is -1.25. The molecule has 0 spiro atoms. The predicted molar refractivity (Wildman–Crippen MR) is 136 cm³/mol. The van der Waals surface area contributed by atoms with E-state index in [1.54, 1.807) is 24.3 Å². The van der Waals surface area contributed by atoms with Gasteiger partial charge in [0.2, 0.25) is 0 Å². The average molecular weight is 592 g/mol. The Morgan fingerprint density at radius 2 is 1.79 bits per heavy atom. The highest BCUT2D eigenvalue weighted by atomic mass is 127. The lowest BCUT2D eigenvalue weighted by molar-refractivity contribution is -0.119. The Morgan fingerprint density at radius 1 is 1.06 bits per heavy atom. The van der Waals surface area contributed by atoms with Crippen LogP contribution in [0.25, 0.3) is 0 Å². The van der Waals surface area contributed by atoms with Crippen molar-refractivity contribution in [1.29, 1.82) is 0 Å². The Morgan fingerprint density at radius 3 is 2.53 bits per heavy atom. The number of anilines is 2. The number of nitrogens with one attached hydrogen (secondary N) is 1. The summed E-state index contributed by atoms with van der Waals surface area (Å²) in [6, 6.07) is 18.4. The second kappa shape index (κ2) is 10.0. The van der Waals surface area contributed by atoms with Gasteiger partial charge in [-0.25, -0.2) is 13.2 Å². The zero-order chi connectivity index (χ0) is 24.3. The minimum atomic E-state index is -3.92. The van der Waals surface area contributed by atoms with Gasteiger partial charge in [0.15, 0.2) is 6.61 Å². The van der Waals surface area contributed by atoms with Gasteiger partial charge in [0, 0.05) is 15.8 Å². The molecule has 3 aromatic carbocycles. The van der Waals surface area contributed by atoms with Crippen molar-refractivity contribution in [2.45, 2.75) is 11.3 Å². The van der Waals surface area contributed by atoms with E-state index in [1.807, 2.05) is 24.3 Å². The fraction of sp³-hybridized carbons (Fsp3) is 0.167. The Labute approximate surface area is 211 Å². The molecule has 0 saturated heterocycles. The molecular formula is C24H21IN2O6S. The van der Waals surface area contributed by atoms with Gasteiger partial charge < -0.3 is 14.8 Å². The number of ether oxygens (including phenoxy) is 2. The van der Waals surface area contributed by atoms with Crippen LogP contribution in [0, 0.1) is 3.57 Å². The van der Waals surface area contributed by atoms with Crippen molar-refractivity contribution in [1.82, 2.24) is 0 Å². The van der Waals surface area contributed by atoms with Gasteiger partial charge in [-0.15, -0.1) is 0 Å². The molecule has 1 amide bonds. The van der Waals surface area contributed by atoms with Gasteiger partial charge in [-0.05, 0) is 83.1 Å². The number of fused-ring (bicyclic) bond motifs is 1. The molecular weight excluding hydrogens is 571 g/mol. The van der Waals surface area contributed by atoms with Crippen LogP contribution in [0.5, 0.6) is 5.75 Å². The summed E-state index contributed by atoms with van der Waals surface area (Å²) in [6.45, 7) is -0.226. The maximum absolute atomic E-state index is 13.3. The first kappa shape index (κ1) is 24.0. The molecule has 8 nitrogen and oxygen atoms in total. The number of rotatable bonds is 7. The van der Waals surface area contributed by atoms with Crippen LogP contribution < -0.4 is 14.4 Å². The molecule has 0 saturated carbocycles. The zero-order valence-corrected chi connectivity index (χ0v) is 21.1. The summed E-state index contributed by atoms with van der Waals surface area (Å²) in [4.78, 5) is 24.8. The zero-order valence-electron chi connectivity index (χ0n) is 18.2. The highest BCUT2D eigenvalue weighted by Crippen LogP contribution is 2.34. The van der Waals surface area contributed by atoms with Crippen molar-refractivity contribution in [2.75, 3.05) is 29.9 Å². The molecule has 176 valence electrons. The molecule has 0 atom stereocenters. The van der Waals surface area contributed by atoms with Crippen molar-refractivity contribution in [3.05, 3.63) is 81.4 Å². The molecule has 1 aliphatic rings. The van der Waals surface area contributed by atoms with E-state index in [0.29, 0.717) is 24.3 Å². The number of para-hydroxylation sites is 1. The Hall–Kier alpha value is -3.12. The quantitative estimate of drug-likeness (QED) is 0.331. The molecule has 1 heterocycles. The first-order chi connectivity index (χ1) is 16.3. The van der Waals surface area contributed by atoms with E-state index in [-0.39, 0.29) is 16.2 Å². The second-order valence-corrected chi connectivity index (χ2v) is 10.6. The average Bonchev–Trinajstić information content (AvgIpc) is 3.28. The normalized spacial score (nSPS) is 12.7. The van der Waals surface area contributed by atoms with Crippen molar-refractivity contribution in [3.8, 4) is 5.75 Å². The largest absolute Gasteiger partial charge is 0.496 e. The van der Waals surface area contributed by atoms with Gasteiger partial charge in [0.25, 0.3) is 15.9 Å². The van der Waals surface area contributed by atoms with E-state index in [2.05, 4.69) is 27.9 Å². The summed E-state index contributed by atoms with van der Waals surface area (Å²) >= 11 is 2.15. The van der Waals surface area contributed by atoms with Crippen molar-refractivity contribution in [2.24, 2.45) is 0 Å². The van der Waals surface area contributed by atoms with Crippen LogP contribution in [0.2, 0.25) is 0 Å². The summed E-state index contributed by atoms with van der Waals surface area (Å²) in [7, 11) is -2.56. The summed E-state index contributed by atoms with van der Waals surface area (Å²) < 4.78 is 39.4. The second-order valence-electron chi connectivity index (χ2n) is 7.45. The van der Waals surface area contributed by atoms with Crippen molar-refractivity contribution >= 4 is 55.9 Å². The van der Waals surface area contributed by atoms with Crippen LogP contribution >= 0.6 is 22.6 Å². The highest BCUT2D eigenvalue weighted by molar-refractivity contribution is 14.1. The first-order valence-corrected chi connectivity index (χ1v) is 12.8. The number of carbonyl (C=O) groups is 2. The summed E-state index contributed by atoms with van der Waals surface area (Å²) in [6.07, 6.45) is 0.607. The van der Waals surface area contributed by atoms with Crippen LogP contribution in [0.15, 0.2) is 71.6 Å². The number of carbonyl (C=O) groups excluding carboxylic acids is 2. The number of methoxy groups -OCH3 is 1. The SMILES string of the molecule is COc1ccc(S(=O)(=O)N2CCc3ccccc32)cc1C(=O)OCC(=O)Nc1ccc(I)cc1.